The van der Waals surface area contributed by atoms with E-state index in [1.165, 1.54) is 44.5 Å². The predicted molar refractivity (Wildman–Crippen MR) is 298 cm³/mol. The molecule has 0 radical (unpaired) electrons. The number of hydrogen-bond donors (Lipinski definition) is 1. The summed E-state index contributed by atoms with van der Waals surface area (Å²) in [7, 11) is 0. The summed E-state index contributed by atoms with van der Waals surface area (Å²) in [6.45, 7) is 9.43. The molecule has 2 aliphatic carbocycles. The molecule has 0 saturated heterocycles. The lowest BCUT2D eigenvalue weighted by molar-refractivity contribution is 0.0697. The molecule has 5 nitrogen and oxygen atoms in total. The van der Waals surface area contributed by atoms with Gasteiger partial charge in [-0.1, -0.05) is 149 Å². The maximum atomic E-state index is 11.7. The molecule has 0 aliphatic heterocycles. The van der Waals surface area contributed by atoms with E-state index in [-0.39, 0.29) is 16.4 Å². The third-order valence-corrected chi connectivity index (χ3v) is 15.0. The Morgan fingerprint density at radius 1 is 0.306 bits per heavy atom. The van der Waals surface area contributed by atoms with Gasteiger partial charge < -0.3 is 19.8 Å². The van der Waals surface area contributed by atoms with Crippen molar-refractivity contribution in [3.8, 4) is 33.4 Å². The number of rotatable bonds is 11. The standard InChI is InChI=1S/C67H53N3O2/c1-66(2)61-41-53(68(48-17-9-5-10-18-48)49-19-11-6-12-20-49)33-37-57(61)59-39-35-55(43-63(59)66)70(52-31-29-46(30-32-52)45-25-27-47(28-26-45)65(71)72)56-36-40-60-58-38-34-54(42-62(58)67(3,4)64(60)44-56)69(50-21-13-7-14-22-50)51-23-15-8-16-24-51/h5-44H,1-4H3,(H,71,72). The van der Waals surface area contributed by atoms with Gasteiger partial charge in [-0.05, 0) is 177 Å². The van der Waals surface area contributed by atoms with Gasteiger partial charge in [-0.3, -0.25) is 0 Å². The zero-order valence-corrected chi connectivity index (χ0v) is 40.8. The molecule has 10 aromatic carbocycles. The Bertz CT molecular complexity index is 3370. The second-order valence-electron chi connectivity index (χ2n) is 19.9. The van der Waals surface area contributed by atoms with Crippen molar-refractivity contribution < 1.29 is 9.90 Å². The molecule has 0 aromatic heterocycles. The summed E-state index contributed by atoms with van der Waals surface area (Å²) in [5.41, 5.74) is 21.6. The van der Waals surface area contributed by atoms with Gasteiger partial charge in [-0.15, -0.1) is 0 Å². The summed E-state index contributed by atoms with van der Waals surface area (Å²) in [4.78, 5) is 18.8. The lowest BCUT2D eigenvalue weighted by Gasteiger charge is -2.30. The van der Waals surface area contributed by atoms with Crippen LogP contribution in [0.15, 0.2) is 243 Å². The summed E-state index contributed by atoms with van der Waals surface area (Å²) in [6.07, 6.45) is 0. The third kappa shape index (κ3) is 7.53. The van der Waals surface area contributed by atoms with Crippen LogP contribution < -0.4 is 14.7 Å². The molecule has 0 amide bonds. The van der Waals surface area contributed by atoms with E-state index in [4.69, 9.17) is 0 Å². The quantitative estimate of drug-likeness (QED) is 0.140. The van der Waals surface area contributed by atoms with Gasteiger partial charge in [-0.25, -0.2) is 4.79 Å². The van der Waals surface area contributed by atoms with Crippen molar-refractivity contribution in [2.75, 3.05) is 14.7 Å². The minimum absolute atomic E-state index is 0.270. The first-order valence-corrected chi connectivity index (χ1v) is 24.7. The highest BCUT2D eigenvalue weighted by Gasteiger charge is 2.39. The molecule has 1 N–H and O–H groups in total. The van der Waals surface area contributed by atoms with Crippen LogP contribution in [0.5, 0.6) is 0 Å². The summed E-state index contributed by atoms with van der Waals surface area (Å²) in [6, 6.07) is 86.0. The largest absolute Gasteiger partial charge is 0.478 e. The monoisotopic (exact) mass is 931 g/mol. The van der Waals surface area contributed by atoms with Crippen molar-refractivity contribution in [2.24, 2.45) is 0 Å². The molecule has 0 spiro atoms. The van der Waals surface area contributed by atoms with Crippen LogP contribution in [0, 0.1) is 0 Å². The van der Waals surface area contributed by atoms with Crippen LogP contribution in [0.2, 0.25) is 0 Å². The van der Waals surface area contributed by atoms with E-state index in [2.05, 4.69) is 261 Å². The number of anilines is 9. The maximum Gasteiger partial charge on any atom is 0.335 e. The third-order valence-electron chi connectivity index (χ3n) is 15.0. The van der Waals surface area contributed by atoms with Crippen molar-refractivity contribution in [3.63, 3.8) is 0 Å². The number of benzene rings is 10. The van der Waals surface area contributed by atoms with Crippen LogP contribution >= 0.6 is 0 Å². The van der Waals surface area contributed by atoms with Gasteiger partial charge >= 0.3 is 5.97 Å². The van der Waals surface area contributed by atoms with Gasteiger partial charge in [0.15, 0.2) is 0 Å². The van der Waals surface area contributed by atoms with E-state index in [1.807, 2.05) is 12.1 Å². The molecule has 0 fully saturated rings. The van der Waals surface area contributed by atoms with Crippen molar-refractivity contribution in [1.29, 1.82) is 0 Å². The van der Waals surface area contributed by atoms with E-state index < -0.39 is 5.97 Å². The van der Waals surface area contributed by atoms with Crippen molar-refractivity contribution in [3.05, 3.63) is 270 Å². The molecule has 0 bridgehead atoms. The van der Waals surface area contributed by atoms with Gasteiger partial charge in [0, 0.05) is 62.0 Å². The lowest BCUT2D eigenvalue weighted by atomic mass is 9.81. The number of aromatic carboxylic acids is 1. The first kappa shape index (κ1) is 44.3. The number of carbonyl (C=O) groups is 1. The van der Waals surface area contributed by atoms with E-state index in [0.717, 1.165) is 62.3 Å². The SMILES string of the molecule is CC1(C)c2cc(N(c3ccccc3)c3ccccc3)ccc2-c2ccc(N(c3ccc(-c4ccc(C(=O)O)cc4)cc3)c3ccc4c(c3)C(C)(C)c3cc(N(c5ccccc5)c5ccccc5)ccc3-4)cc21. The van der Waals surface area contributed by atoms with Crippen LogP contribution in [0.3, 0.4) is 0 Å². The number of fused-ring (bicyclic) bond motifs is 6. The van der Waals surface area contributed by atoms with Gasteiger partial charge in [-0.2, -0.15) is 0 Å². The smallest absolute Gasteiger partial charge is 0.335 e. The van der Waals surface area contributed by atoms with Gasteiger partial charge in [0.25, 0.3) is 0 Å². The van der Waals surface area contributed by atoms with Crippen LogP contribution in [-0.2, 0) is 10.8 Å². The Kier molecular flexibility index (Phi) is 10.8. The summed E-state index contributed by atoms with van der Waals surface area (Å²) < 4.78 is 0. The lowest BCUT2D eigenvalue weighted by Crippen LogP contribution is -2.18. The number of hydrogen-bond acceptors (Lipinski definition) is 4. The number of para-hydroxylation sites is 4. The molecule has 10 aromatic rings. The van der Waals surface area contributed by atoms with E-state index in [1.54, 1.807) is 12.1 Å². The second kappa shape index (κ2) is 17.5. The zero-order valence-electron chi connectivity index (χ0n) is 40.8. The minimum Gasteiger partial charge on any atom is -0.478 e. The number of nitrogens with zero attached hydrogens (tertiary/aromatic N) is 3. The van der Waals surface area contributed by atoms with E-state index in [9.17, 15) is 9.90 Å². The molecular formula is C67H53N3O2. The van der Waals surface area contributed by atoms with Crippen molar-refractivity contribution in [2.45, 2.75) is 38.5 Å². The Balaban J connectivity index is 0.954. The molecular weight excluding hydrogens is 879 g/mol. The highest BCUT2D eigenvalue weighted by molar-refractivity contribution is 5.92. The van der Waals surface area contributed by atoms with Crippen molar-refractivity contribution in [1.82, 2.24) is 0 Å². The molecule has 348 valence electrons. The Morgan fingerprint density at radius 2 is 0.542 bits per heavy atom. The fraction of sp³-hybridized carbons (Fsp3) is 0.0896. The van der Waals surface area contributed by atoms with Gasteiger partial charge in [0.1, 0.15) is 0 Å². The average Bonchev–Trinajstić information content (AvgIpc) is 3.78. The van der Waals surface area contributed by atoms with Crippen LogP contribution in [0.1, 0.15) is 60.3 Å². The maximum absolute atomic E-state index is 11.7. The molecule has 0 saturated carbocycles. The van der Waals surface area contributed by atoms with Crippen LogP contribution in [0.25, 0.3) is 33.4 Å². The molecule has 5 heteroatoms. The molecule has 0 unspecified atom stereocenters. The highest BCUT2D eigenvalue weighted by atomic mass is 16.4. The predicted octanol–water partition coefficient (Wildman–Crippen LogP) is 18.1. The molecule has 12 rings (SSSR count). The first-order chi connectivity index (χ1) is 35.0. The van der Waals surface area contributed by atoms with Crippen LogP contribution in [0.4, 0.5) is 51.2 Å². The zero-order chi connectivity index (χ0) is 49.1. The average molecular weight is 932 g/mol. The second-order valence-corrected chi connectivity index (χ2v) is 19.9. The van der Waals surface area contributed by atoms with Gasteiger partial charge in [0.05, 0.1) is 5.56 Å². The fourth-order valence-corrected chi connectivity index (χ4v) is 11.2. The number of carboxylic acid groups (broad SMARTS) is 1. The minimum atomic E-state index is -0.933. The number of carboxylic acids is 1. The Morgan fingerprint density at radius 3 is 0.819 bits per heavy atom. The fourth-order valence-electron chi connectivity index (χ4n) is 11.2. The van der Waals surface area contributed by atoms with E-state index >= 15 is 0 Å². The summed E-state index contributed by atoms with van der Waals surface area (Å²) >= 11 is 0. The summed E-state index contributed by atoms with van der Waals surface area (Å²) in [5, 5.41) is 9.57. The molecule has 0 heterocycles. The normalized spacial score (nSPS) is 13.3. The highest BCUT2D eigenvalue weighted by Crippen LogP contribution is 2.55. The van der Waals surface area contributed by atoms with E-state index in [0.29, 0.717) is 0 Å². The van der Waals surface area contributed by atoms with Crippen LogP contribution in [-0.4, -0.2) is 11.1 Å². The first-order valence-electron chi connectivity index (χ1n) is 24.7. The van der Waals surface area contributed by atoms with Crippen molar-refractivity contribution >= 4 is 57.2 Å². The molecule has 2 aliphatic rings. The topological polar surface area (TPSA) is 47.0 Å². The Hall–Kier alpha value is -8.93. The van der Waals surface area contributed by atoms with Gasteiger partial charge in [0.2, 0.25) is 0 Å². The molecule has 0 atom stereocenters. The molecule has 72 heavy (non-hydrogen) atoms. The summed E-state index contributed by atoms with van der Waals surface area (Å²) in [5.74, 6) is -0.933. The Labute approximate surface area is 422 Å².